The summed E-state index contributed by atoms with van der Waals surface area (Å²) in [6.07, 6.45) is 5.03. The van der Waals surface area contributed by atoms with Crippen LogP contribution in [0.3, 0.4) is 0 Å². The van der Waals surface area contributed by atoms with Crippen molar-refractivity contribution in [1.29, 1.82) is 0 Å². The van der Waals surface area contributed by atoms with Crippen molar-refractivity contribution < 1.29 is 4.79 Å². The first kappa shape index (κ1) is 29.1. The van der Waals surface area contributed by atoms with Gasteiger partial charge in [-0.15, -0.1) is 0 Å². The van der Waals surface area contributed by atoms with E-state index in [0.717, 1.165) is 54.9 Å². The molecular weight excluding hydrogens is 400 g/mol. The summed E-state index contributed by atoms with van der Waals surface area (Å²) in [7, 11) is 6.02. The van der Waals surface area contributed by atoms with Crippen molar-refractivity contribution in [1.82, 2.24) is 25.2 Å². The first-order valence-corrected chi connectivity index (χ1v) is 11.3. The molecule has 32 heavy (non-hydrogen) atoms. The maximum atomic E-state index is 9.98. The zero-order valence-electron chi connectivity index (χ0n) is 20.7. The molecule has 0 bridgehead atoms. The van der Waals surface area contributed by atoms with Crippen LogP contribution in [-0.2, 0) is 6.54 Å². The first-order valence-electron chi connectivity index (χ1n) is 11.3. The van der Waals surface area contributed by atoms with Crippen LogP contribution in [-0.4, -0.2) is 60.4 Å². The van der Waals surface area contributed by atoms with Gasteiger partial charge in [0.15, 0.2) is 0 Å². The molecule has 1 aromatic carbocycles. The summed E-state index contributed by atoms with van der Waals surface area (Å²) in [6.45, 7) is 10.7. The van der Waals surface area contributed by atoms with Crippen molar-refractivity contribution in [2.24, 2.45) is 0 Å². The number of nitrogens with zero attached hydrogens (tertiary/aromatic N) is 4. The van der Waals surface area contributed by atoms with Gasteiger partial charge in [0.2, 0.25) is 0 Å². The fourth-order valence-electron chi connectivity index (χ4n) is 2.53. The SMILES string of the molecule is CC.CC.CNCCCNc1nc(CN(C)C)nc2ccccc12.O=Cc1ccncc1. The summed E-state index contributed by atoms with van der Waals surface area (Å²) < 4.78 is 0. The average molecular weight is 441 g/mol. The van der Waals surface area contributed by atoms with E-state index in [9.17, 15) is 4.79 Å². The highest BCUT2D eigenvalue weighted by Gasteiger charge is 2.07. The average Bonchev–Trinajstić information content (AvgIpc) is 2.85. The van der Waals surface area contributed by atoms with Gasteiger partial charge in [-0.25, -0.2) is 9.97 Å². The number of pyridine rings is 1. The molecule has 0 saturated carbocycles. The molecule has 0 unspecified atom stereocenters. The number of nitrogens with one attached hydrogen (secondary N) is 2. The molecule has 0 radical (unpaired) electrons. The lowest BCUT2D eigenvalue weighted by molar-refractivity contribution is 0.112. The maximum absolute atomic E-state index is 9.98. The van der Waals surface area contributed by atoms with Crippen LogP contribution in [0.25, 0.3) is 10.9 Å². The van der Waals surface area contributed by atoms with Gasteiger partial charge in [0.25, 0.3) is 0 Å². The van der Waals surface area contributed by atoms with Crippen molar-refractivity contribution in [3.8, 4) is 0 Å². The van der Waals surface area contributed by atoms with E-state index < -0.39 is 0 Å². The number of para-hydroxylation sites is 1. The van der Waals surface area contributed by atoms with Gasteiger partial charge >= 0.3 is 0 Å². The Hall–Kier alpha value is -2.90. The number of fused-ring (bicyclic) bond motifs is 1. The predicted molar refractivity (Wildman–Crippen MR) is 136 cm³/mol. The Bertz CT molecular complexity index is 855. The van der Waals surface area contributed by atoms with Gasteiger partial charge in [0, 0.05) is 29.9 Å². The van der Waals surface area contributed by atoms with E-state index in [4.69, 9.17) is 0 Å². The molecular formula is C25H40N6O. The molecule has 0 aliphatic heterocycles. The van der Waals surface area contributed by atoms with Gasteiger partial charge in [0.1, 0.15) is 17.9 Å². The summed E-state index contributed by atoms with van der Waals surface area (Å²) in [6, 6.07) is 11.5. The number of aldehydes is 1. The Morgan fingerprint density at radius 3 is 2.16 bits per heavy atom. The zero-order chi connectivity index (χ0) is 24.2. The number of hydrogen-bond acceptors (Lipinski definition) is 7. The second-order valence-electron chi connectivity index (χ2n) is 6.53. The van der Waals surface area contributed by atoms with Crippen LogP contribution in [0.5, 0.6) is 0 Å². The fourth-order valence-corrected chi connectivity index (χ4v) is 2.53. The minimum atomic E-state index is 0.667. The zero-order valence-corrected chi connectivity index (χ0v) is 20.7. The summed E-state index contributed by atoms with van der Waals surface area (Å²) >= 11 is 0. The van der Waals surface area contributed by atoms with Gasteiger partial charge in [0.05, 0.1) is 12.1 Å². The predicted octanol–water partition coefficient (Wildman–Crippen LogP) is 4.66. The third-order valence-electron chi connectivity index (χ3n) is 3.85. The molecule has 0 aliphatic carbocycles. The van der Waals surface area contributed by atoms with Crippen molar-refractivity contribution in [2.45, 2.75) is 40.7 Å². The smallest absolute Gasteiger partial charge is 0.150 e. The number of benzene rings is 1. The number of anilines is 1. The molecule has 3 rings (SSSR count). The van der Waals surface area contributed by atoms with E-state index in [1.165, 1.54) is 0 Å². The molecule has 0 saturated heterocycles. The molecule has 7 heteroatoms. The monoisotopic (exact) mass is 440 g/mol. The van der Waals surface area contributed by atoms with E-state index in [1.807, 2.05) is 67.0 Å². The van der Waals surface area contributed by atoms with E-state index in [0.29, 0.717) is 5.56 Å². The second-order valence-corrected chi connectivity index (χ2v) is 6.53. The third kappa shape index (κ3) is 11.5. The van der Waals surface area contributed by atoms with Gasteiger partial charge in [-0.05, 0) is 58.4 Å². The summed E-state index contributed by atoms with van der Waals surface area (Å²) in [5, 5.41) is 7.66. The first-order chi connectivity index (χ1) is 15.6. The van der Waals surface area contributed by atoms with Gasteiger partial charge in [-0.2, -0.15) is 0 Å². The van der Waals surface area contributed by atoms with Crippen molar-refractivity contribution in [2.75, 3.05) is 39.5 Å². The second kappa shape index (κ2) is 18.8. The lowest BCUT2D eigenvalue weighted by atomic mass is 10.2. The highest BCUT2D eigenvalue weighted by molar-refractivity contribution is 5.88. The van der Waals surface area contributed by atoms with Crippen LogP contribution >= 0.6 is 0 Å². The van der Waals surface area contributed by atoms with Crippen LogP contribution in [0.4, 0.5) is 5.82 Å². The number of hydrogen-bond donors (Lipinski definition) is 2. The van der Waals surface area contributed by atoms with E-state index in [-0.39, 0.29) is 0 Å². The summed E-state index contributed by atoms with van der Waals surface area (Å²) in [4.78, 5) is 25.1. The Morgan fingerprint density at radius 2 is 1.59 bits per heavy atom. The lowest BCUT2D eigenvalue weighted by Gasteiger charge is -2.13. The van der Waals surface area contributed by atoms with Crippen molar-refractivity contribution in [3.63, 3.8) is 0 Å². The standard InChI is InChI=1S/C15H23N5.C6H5NO.2C2H6/c1-16-9-6-10-17-15-12-7-4-5-8-13(12)18-14(19-15)11-20(2)3;8-5-6-1-3-7-4-2-6;2*1-2/h4-5,7-8,16H,6,9-11H2,1-3H3,(H,17,18,19);1-5H;2*1-2H3. The normalized spacial score (nSPS) is 9.50. The minimum absolute atomic E-state index is 0.667. The Kier molecular flexibility index (Phi) is 17.1. The van der Waals surface area contributed by atoms with E-state index in [2.05, 4.69) is 36.6 Å². The van der Waals surface area contributed by atoms with Crippen LogP contribution in [0.1, 0.15) is 50.3 Å². The van der Waals surface area contributed by atoms with Crippen LogP contribution in [0, 0.1) is 0 Å². The number of carbonyl (C=O) groups excluding carboxylic acids is 1. The summed E-state index contributed by atoms with van der Waals surface area (Å²) in [5.41, 5.74) is 1.66. The quantitative estimate of drug-likeness (QED) is 0.389. The Morgan fingerprint density at radius 1 is 0.938 bits per heavy atom. The van der Waals surface area contributed by atoms with Gasteiger partial charge < -0.3 is 15.5 Å². The highest BCUT2D eigenvalue weighted by atomic mass is 16.1. The third-order valence-corrected chi connectivity index (χ3v) is 3.85. The molecule has 0 spiro atoms. The number of aromatic nitrogens is 3. The lowest BCUT2D eigenvalue weighted by Crippen LogP contribution is -2.16. The number of carbonyl (C=O) groups is 1. The topological polar surface area (TPSA) is 83.0 Å². The van der Waals surface area contributed by atoms with Crippen LogP contribution in [0.15, 0.2) is 48.8 Å². The fraction of sp³-hybridized carbons (Fsp3) is 0.440. The molecule has 0 aliphatic rings. The van der Waals surface area contributed by atoms with Crippen LogP contribution in [0.2, 0.25) is 0 Å². The molecule has 0 fully saturated rings. The molecule has 0 amide bonds. The largest absolute Gasteiger partial charge is 0.369 e. The molecule has 176 valence electrons. The molecule has 2 heterocycles. The Balaban J connectivity index is 0.000000666. The van der Waals surface area contributed by atoms with Crippen molar-refractivity contribution >= 4 is 23.0 Å². The number of rotatable bonds is 8. The van der Waals surface area contributed by atoms with Crippen molar-refractivity contribution in [3.05, 3.63) is 60.2 Å². The van der Waals surface area contributed by atoms with E-state index in [1.54, 1.807) is 24.5 Å². The highest BCUT2D eigenvalue weighted by Crippen LogP contribution is 2.20. The van der Waals surface area contributed by atoms with Crippen LogP contribution < -0.4 is 10.6 Å². The molecule has 2 N–H and O–H groups in total. The summed E-state index contributed by atoms with van der Waals surface area (Å²) in [5.74, 6) is 1.79. The molecule has 2 aromatic heterocycles. The molecule has 0 atom stereocenters. The van der Waals surface area contributed by atoms with Gasteiger partial charge in [-0.3, -0.25) is 9.78 Å². The maximum Gasteiger partial charge on any atom is 0.150 e. The minimum Gasteiger partial charge on any atom is -0.369 e. The molecule has 7 nitrogen and oxygen atoms in total. The van der Waals surface area contributed by atoms with E-state index >= 15 is 0 Å². The Labute approximate surface area is 193 Å². The van der Waals surface area contributed by atoms with Gasteiger partial charge in [-0.1, -0.05) is 39.8 Å². The molecule has 3 aromatic rings.